The number of esters is 1. The molecular formula is C27H36N2O5. The monoisotopic (exact) mass is 468 g/mol. The Morgan fingerprint density at radius 1 is 1.06 bits per heavy atom. The first-order chi connectivity index (χ1) is 16.5. The maximum atomic E-state index is 13.0. The van der Waals surface area contributed by atoms with Crippen LogP contribution in [-0.2, 0) is 20.8 Å². The van der Waals surface area contributed by atoms with Gasteiger partial charge in [0.05, 0.1) is 18.1 Å². The number of nitrogens with zero attached hydrogens (tertiary/aromatic N) is 2. The van der Waals surface area contributed by atoms with Crippen molar-refractivity contribution in [2.45, 2.75) is 57.3 Å². The molecule has 0 amide bonds. The van der Waals surface area contributed by atoms with Crippen molar-refractivity contribution in [2.75, 3.05) is 46.1 Å². The topological polar surface area (TPSA) is 63.8 Å². The smallest absolute Gasteiger partial charge is 0.310 e. The lowest BCUT2D eigenvalue weighted by molar-refractivity contribution is -0.147. The Balaban J connectivity index is 0.971. The van der Waals surface area contributed by atoms with Crippen molar-refractivity contribution in [3.63, 3.8) is 0 Å². The molecule has 4 heterocycles. The predicted octanol–water partition coefficient (Wildman–Crippen LogP) is 3.06. The SMILES string of the molecule is C[C@]12CCC[C@]3(CO3)[C@@H]1C[C@H]1[C@@H](C2)OC(=O)[C@@H]1CN1CCN(Cc2ccc3c(c2)OCO3)CC1. The lowest BCUT2D eigenvalue weighted by atomic mass is 9.53. The number of ether oxygens (including phenoxy) is 4. The molecule has 0 bridgehead atoms. The third-order valence-corrected chi connectivity index (χ3v) is 9.84. The fourth-order valence-corrected chi connectivity index (χ4v) is 7.87. The quantitative estimate of drug-likeness (QED) is 0.497. The molecule has 2 saturated carbocycles. The van der Waals surface area contributed by atoms with Crippen LogP contribution in [0.2, 0.25) is 0 Å². The van der Waals surface area contributed by atoms with E-state index in [1.54, 1.807) is 0 Å². The predicted molar refractivity (Wildman–Crippen MR) is 125 cm³/mol. The second-order valence-corrected chi connectivity index (χ2v) is 11.9. The summed E-state index contributed by atoms with van der Waals surface area (Å²) in [6.45, 7) is 9.46. The number of rotatable bonds is 4. The van der Waals surface area contributed by atoms with Crippen LogP contribution in [0.15, 0.2) is 18.2 Å². The Hall–Kier alpha value is -1.83. The number of epoxide rings is 1. The summed E-state index contributed by atoms with van der Waals surface area (Å²) in [6, 6.07) is 6.24. The molecule has 0 aromatic heterocycles. The first-order valence-corrected chi connectivity index (χ1v) is 13.2. The van der Waals surface area contributed by atoms with Crippen molar-refractivity contribution >= 4 is 5.97 Å². The molecule has 7 heteroatoms. The van der Waals surface area contributed by atoms with E-state index in [-0.39, 0.29) is 29.0 Å². The van der Waals surface area contributed by atoms with Crippen molar-refractivity contribution in [2.24, 2.45) is 23.2 Å². The summed E-state index contributed by atoms with van der Waals surface area (Å²) in [7, 11) is 0. The molecule has 1 aromatic rings. The number of hydrogen-bond acceptors (Lipinski definition) is 7. The van der Waals surface area contributed by atoms with Crippen LogP contribution in [0.5, 0.6) is 11.5 Å². The number of piperazine rings is 1. The summed E-state index contributed by atoms with van der Waals surface area (Å²) in [6.07, 6.45) is 5.94. The van der Waals surface area contributed by atoms with Crippen LogP contribution in [0, 0.1) is 23.2 Å². The first-order valence-electron chi connectivity index (χ1n) is 13.2. The number of hydrogen-bond donors (Lipinski definition) is 0. The highest BCUT2D eigenvalue weighted by Crippen LogP contribution is 2.62. The van der Waals surface area contributed by atoms with Crippen LogP contribution in [0.4, 0.5) is 0 Å². The van der Waals surface area contributed by atoms with Crippen LogP contribution in [0.1, 0.15) is 44.6 Å². The molecule has 34 heavy (non-hydrogen) atoms. The van der Waals surface area contributed by atoms with Crippen LogP contribution in [-0.4, -0.2) is 73.6 Å². The van der Waals surface area contributed by atoms with E-state index in [1.807, 2.05) is 6.07 Å². The fourth-order valence-electron chi connectivity index (χ4n) is 7.87. The van der Waals surface area contributed by atoms with Gasteiger partial charge in [0.1, 0.15) is 6.10 Å². The van der Waals surface area contributed by atoms with Crippen molar-refractivity contribution in [3.05, 3.63) is 23.8 Å². The van der Waals surface area contributed by atoms with Gasteiger partial charge >= 0.3 is 5.97 Å². The second kappa shape index (κ2) is 7.84. The molecular weight excluding hydrogens is 432 g/mol. The molecule has 7 rings (SSSR count). The van der Waals surface area contributed by atoms with Crippen molar-refractivity contribution < 1.29 is 23.7 Å². The molecule has 184 valence electrons. The largest absolute Gasteiger partial charge is 0.462 e. The van der Waals surface area contributed by atoms with E-state index in [0.717, 1.165) is 70.2 Å². The highest BCUT2D eigenvalue weighted by Gasteiger charge is 2.65. The van der Waals surface area contributed by atoms with Gasteiger partial charge in [-0.05, 0) is 61.1 Å². The number of carbonyl (C=O) groups excluding carboxylic acids is 1. The van der Waals surface area contributed by atoms with Crippen molar-refractivity contribution in [1.29, 1.82) is 0 Å². The molecule has 6 aliphatic rings. The molecule has 3 saturated heterocycles. The number of carbonyl (C=O) groups is 1. The zero-order chi connectivity index (χ0) is 22.9. The standard InChI is InChI=1S/C27H36N2O5/c1-26-5-2-6-27(16-33-27)24(26)12-19-20(25(30)34-23(19)13-26)15-29-9-7-28(8-10-29)14-18-3-4-21-22(11-18)32-17-31-21/h3-4,11,19-20,23-24H,2,5-10,12-17H2,1H3/t19-,20-,23-,24-,26-,27+/m1/s1. The number of benzene rings is 1. The Morgan fingerprint density at radius 2 is 1.85 bits per heavy atom. The molecule has 2 aliphatic carbocycles. The molecule has 0 N–H and O–H groups in total. The van der Waals surface area contributed by atoms with Gasteiger partial charge in [-0.25, -0.2) is 0 Å². The van der Waals surface area contributed by atoms with Crippen LogP contribution < -0.4 is 9.47 Å². The molecule has 5 fully saturated rings. The molecule has 1 spiro atoms. The molecule has 6 atom stereocenters. The Morgan fingerprint density at radius 3 is 2.68 bits per heavy atom. The normalized spacial score (nSPS) is 41.3. The van der Waals surface area contributed by atoms with Crippen LogP contribution in [0.3, 0.4) is 0 Å². The molecule has 7 nitrogen and oxygen atoms in total. The lowest BCUT2D eigenvalue weighted by Gasteiger charge is -2.51. The van der Waals surface area contributed by atoms with Gasteiger partial charge in [0.15, 0.2) is 11.5 Å². The lowest BCUT2D eigenvalue weighted by Crippen LogP contribution is -2.52. The fraction of sp³-hybridized carbons (Fsp3) is 0.741. The highest BCUT2D eigenvalue weighted by atomic mass is 16.7. The zero-order valence-electron chi connectivity index (χ0n) is 20.2. The van der Waals surface area contributed by atoms with Gasteiger partial charge in [0.25, 0.3) is 0 Å². The minimum Gasteiger partial charge on any atom is -0.462 e. The van der Waals surface area contributed by atoms with E-state index in [1.165, 1.54) is 24.8 Å². The van der Waals surface area contributed by atoms with E-state index in [0.29, 0.717) is 18.6 Å². The van der Waals surface area contributed by atoms with Crippen molar-refractivity contribution in [3.8, 4) is 11.5 Å². The maximum absolute atomic E-state index is 13.0. The summed E-state index contributed by atoms with van der Waals surface area (Å²) >= 11 is 0. The van der Waals surface area contributed by atoms with E-state index < -0.39 is 0 Å². The van der Waals surface area contributed by atoms with E-state index in [9.17, 15) is 4.79 Å². The molecule has 1 aromatic carbocycles. The first kappa shape index (κ1) is 21.5. The second-order valence-electron chi connectivity index (χ2n) is 11.9. The van der Waals surface area contributed by atoms with Gasteiger partial charge in [0.2, 0.25) is 6.79 Å². The third-order valence-electron chi connectivity index (χ3n) is 9.84. The van der Waals surface area contributed by atoms with E-state index >= 15 is 0 Å². The maximum Gasteiger partial charge on any atom is 0.310 e. The summed E-state index contributed by atoms with van der Waals surface area (Å²) in [5.41, 5.74) is 1.65. The van der Waals surface area contributed by atoms with Gasteiger partial charge in [-0.3, -0.25) is 14.6 Å². The van der Waals surface area contributed by atoms with E-state index in [2.05, 4.69) is 28.9 Å². The van der Waals surface area contributed by atoms with E-state index in [4.69, 9.17) is 18.9 Å². The third kappa shape index (κ3) is 3.54. The average Bonchev–Trinajstić information content (AvgIpc) is 3.31. The number of fused-ring (bicyclic) bond motifs is 4. The Labute approximate surface area is 201 Å². The average molecular weight is 469 g/mol. The van der Waals surface area contributed by atoms with Gasteiger partial charge in [-0.1, -0.05) is 13.0 Å². The van der Waals surface area contributed by atoms with Crippen LogP contribution in [0.25, 0.3) is 0 Å². The highest BCUT2D eigenvalue weighted by molar-refractivity contribution is 5.75. The zero-order valence-corrected chi connectivity index (χ0v) is 20.2. The summed E-state index contributed by atoms with van der Waals surface area (Å²) in [5, 5.41) is 0. The van der Waals surface area contributed by atoms with Gasteiger partial charge < -0.3 is 18.9 Å². The minimum atomic E-state index is 0.0210. The summed E-state index contributed by atoms with van der Waals surface area (Å²) in [5.74, 6) is 2.71. The Bertz CT molecular complexity index is 972. The minimum absolute atomic E-state index is 0.0210. The molecule has 0 radical (unpaired) electrons. The van der Waals surface area contributed by atoms with Gasteiger partial charge in [-0.15, -0.1) is 0 Å². The molecule has 0 unspecified atom stereocenters. The molecule has 4 aliphatic heterocycles. The Kier molecular flexibility index (Phi) is 4.94. The summed E-state index contributed by atoms with van der Waals surface area (Å²) in [4.78, 5) is 18.0. The van der Waals surface area contributed by atoms with Crippen molar-refractivity contribution in [1.82, 2.24) is 9.80 Å². The van der Waals surface area contributed by atoms with Gasteiger partial charge in [0, 0.05) is 45.2 Å². The van der Waals surface area contributed by atoms with Gasteiger partial charge in [-0.2, -0.15) is 0 Å². The van der Waals surface area contributed by atoms with Crippen LogP contribution >= 0.6 is 0 Å². The summed E-state index contributed by atoms with van der Waals surface area (Å²) < 4.78 is 23.0.